The number of halogens is 1. The van der Waals surface area contributed by atoms with E-state index in [0.29, 0.717) is 0 Å². The number of benzene rings is 1. The third-order valence-corrected chi connectivity index (χ3v) is 5.24. The molecular formula is C17H25FN2. The molecule has 1 atom stereocenters. The van der Waals surface area contributed by atoms with Crippen LogP contribution in [0.5, 0.6) is 0 Å². The lowest BCUT2D eigenvalue weighted by Crippen LogP contribution is -2.55. The zero-order valence-electron chi connectivity index (χ0n) is 12.2. The SMILES string of the molecule is NC(c1cccc(F)c1)C1(N2CCCCC2)CCCC1. The van der Waals surface area contributed by atoms with Crippen LogP contribution in [0.1, 0.15) is 56.6 Å². The van der Waals surface area contributed by atoms with E-state index in [-0.39, 0.29) is 17.4 Å². The topological polar surface area (TPSA) is 29.3 Å². The highest BCUT2D eigenvalue weighted by Gasteiger charge is 2.45. The first-order chi connectivity index (χ1) is 9.72. The average molecular weight is 276 g/mol. The van der Waals surface area contributed by atoms with Gasteiger partial charge < -0.3 is 5.73 Å². The number of hydrogen-bond donors (Lipinski definition) is 1. The maximum absolute atomic E-state index is 13.5. The van der Waals surface area contributed by atoms with Gasteiger partial charge in [-0.3, -0.25) is 4.90 Å². The van der Waals surface area contributed by atoms with Gasteiger partial charge in [0.25, 0.3) is 0 Å². The molecule has 1 aromatic rings. The van der Waals surface area contributed by atoms with Crippen molar-refractivity contribution in [3.8, 4) is 0 Å². The Bertz CT molecular complexity index is 448. The first-order valence-electron chi connectivity index (χ1n) is 7.98. The molecule has 2 aliphatic rings. The second-order valence-corrected chi connectivity index (χ2v) is 6.39. The molecule has 2 N–H and O–H groups in total. The molecular weight excluding hydrogens is 251 g/mol. The van der Waals surface area contributed by atoms with Crippen molar-refractivity contribution in [2.45, 2.75) is 56.5 Å². The van der Waals surface area contributed by atoms with Gasteiger partial charge in [-0.1, -0.05) is 31.4 Å². The summed E-state index contributed by atoms with van der Waals surface area (Å²) in [6, 6.07) is 6.81. The lowest BCUT2D eigenvalue weighted by Gasteiger charge is -2.47. The van der Waals surface area contributed by atoms with Crippen molar-refractivity contribution in [2.75, 3.05) is 13.1 Å². The van der Waals surface area contributed by atoms with Crippen LogP contribution in [0.25, 0.3) is 0 Å². The highest BCUT2D eigenvalue weighted by Crippen LogP contribution is 2.44. The first kappa shape index (κ1) is 14.0. The summed E-state index contributed by atoms with van der Waals surface area (Å²) in [5.74, 6) is -0.176. The molecule has 1 aromatic carbocycles. The van der Waals surface area contributed by atoms with Crippen molar-refractivity contribution in [1.29, 1.82) is 0 Å². The Kier molecular flexibility index (Phi) is 4.08. The van der Waals surface area contributed by atoms with E-state index in [0.717, 1.165) is 31.5 Å². The molecule has 1 saturated carbocycles. The van der Waals surface area contributed by atoms with E-state index >= 15 is 0 Å². The third-order valence-electron chi connectivity index (χ3n) is 5.24. The molecule has 0 amide bonds. The molecule has 1 unspecified atom stereocenters. The normalized spacial score (nSPS) is 24.7. The molecule has 20 heavy (non-hydrogen) atoms. The van der Waals surface area contributed by atoms with E-state index in [9.17, 15) is 4.39 Å². The molecule has 0 bridgehead atoms. The van der Waals surface area contributed by atoms with Crippen molar-refractivity contribution in [2.24, 2.45) is 5.73 Å². The van der Waals surface area contributed by atoms with Gasteiger partial charge in [-0.05, 0) is 56.5 Å². The van der Waals surface area contributed by atoms with Crippen molar-refractivity contribution in [3.05, 3.63) is 35.6 Å². The minimum Gasteiger partial charge on any atom is -0.322 e. The second kappa shape index (κ2) is 5.82. The minimum atomic E-state index is -0.176. The smallest absolute Gasteiger partial charge is 0.123 e. The summed E-state index contributed by atoms with van der Waals surface area (Å²) in [4.78, 5) is 2.61. The van der Waals surface area contributed by atoms with Crippen LogP contribution < -0.4 is 5.73 Å². The van der Waals surface area contributed by atoms with E-state index in [2.05, 4.69) is 4.90 Å². The summed E-state index contributed by atoms with van der Waals surface area (Å²) in [7, 11) is 0. The van der Waals surface area contributed by atoms with Crippen LogP contribution in [0, 0.1) is 5.82 Å². The molecule has 0 radical (unpaired) electrons. The predicted molar refractivity (Wildman–Crippen MR) is 80.0 cm³/mol. The van der Waals surface area contributed by atoms with Gasteiger partial charge in [-0.25, -0.2) is 4.39 Å². The Balaban J connectivity index is 1.89. The Hall–Kier alpha value is -0.930. The highest BCUT2D eigenvalue weighted by atomic mass is 19.1. The zero-order chi connectivity index (χ0) is 14.0. The summed E-state index contributed by atoms with van der Waals surface area (Å²) in [5.41, 5.74) is 7.65. The number of piperidine rings is 1. The molecule has 110 valence electrons. The Morgan fingerprint density at radius 1 is 1.05 bits per heavy atom. The monoisotopic (exact) mass is 276 g/mol. The van der Waals surface area contributed by atoms with E-state index in [1.807, 2.05) is 6.07 Å². The van der Waals surface area contributed by atoms with Crippen LogP contribution in [-0.2, 0) is 0 Å². The molecule has 3 rings (SSSR count). The van der Waals surface area contributed by atoms with Crippen LogP contribution in [-0.4, -0.2) is 23.5 Å². The fraction of sp³-hybridized carbons (Fsp3) is 0.647. The van der Waals surface area contributed by atoms with Crippen LogP contribution in [0.2, 0.25) is 0 Å². The summed E-state index contributed by atoms with van der Waals surface area (Å²) in [6.07, 6.45) is 8.70. The minimum absolute atomic E-state index is 0.0637. The van der Waals surface area contributed by atoms with Crippen molar-refractivity contribution >= 4 is 0 Å². The molecule has 0 aromatic heterocycles. The number of hydrogen-bond acceptors (Lipinski definition) is 2. The number of likely N-dealkylation sites (tertiary alicyclic amines) is 1. The fourth-order valence-electron chi connectivity index (χ4n) is 4.16. The number of rotatable bonds is 3. The standard InChI is InChI=1S/C17H25FN2/c18-15-8-6-7-14(13-15)16(19)17(9-2-3-10-17)20-11-4-1-5-12-20/h6-8,13,16H,1-5,9-12,19H2. The summed E-state index contributed by atoms with van der Waals surface area (Å²) in [6.45, 7) is 2.31. The van der Waals surface area contributed by atoms with Crippen LogP contribution in [0.15, 0.2) is 24.3 Å². The van der Waals surface area contributed by atoms with E-state index in [4.69, 9.17) is 5.73 Å². The lowest BCUT2D eigenvalue weighted by molar-refractivity contribution is 0.0477. The summed E-state index contributed by atoms with van der Waals surface area (Å²) >= 11 is 0. The van der Waals surface area contributed by atoms with Crippen molar-refractivity contribution in [1.82, 2.24) is 4.90 Å². The van der Waals surface area contributed by atoms with E-state index in [1.165, 1.54) is 38.2 Å². The molecule has 1 saturated heterocycles. The van der Waals surface area contributed by atoms with Gasteiger partial charge in [0.1, 0.15) is 5.82 Å². The summed E-state index contributed by atoms with van der Waals surface area (Å²) < 4.78 is 13.5. The van der Waals surface area contributed by atoms with E-state index < -0.39 is 0 Å². The molecule has 0 spiro atoms. The number of nitrogens with two attached hydrogens (primary N) is 1. The maximum Gasteiger partial charge on any atom is 0.123 e. The van der Waals surface area contributed by atoms with Gasteiger partial charge in [-0.2, -0.15) is 0 Å². The van der Waals surface area contributed by atoms with Gasteiger partial charge in [0, 0.05) is 11.6 Å². The van der Waals surface area contributed by atoms with Gasteiger partial charge in [0.15, 0.2) is 0 Å². The molecule has 2 nitrogen and oxygen atoms in total. The zero-order valence-corrected chi connectivity index (χ0v) is 12.2. The highest BCUT2D eigenvalue weighted by molar-refractivity contribution is 5.25. The van der Waals surface area contributed by atoms with Gasteiger partial charge >= 0.3 is 0 Å². The molecule has 2 fully saturated rings. The van der Waals surface area contributed by atoms with Crippen LogP contribution in [0.3, 0.4) is 0 Å². The van der Waals surface area contributed by atoms with Crippen LogP contribution in [0.4, 0.5) is 4.39 Å². The van der Waals surface area contributed by atoms with Gasteiger partial charge in [0.2, 0.25) is 0 Å². The van der Waals surface area contributed by atoms with E-state index in [1.54, 1.807) is 12.1 Å². The lowest BCUT2D eigenvalue weighted by atomic mass is 9.81. The molecule has 3 heteroatoms. The second-order valence-electron chi connectivity index (χ2n) is 6.39. The largest absolute Gasteiger partial charge is 0.322 e. The quantitative estimate of drug-likeness (QED) is 0.913. The first-order valence-corrected chi connectivity index (χ1v) is 7.98. The van der Waals surface area contributed by atoms with Crippen molar-refractivity contribution < 1.29 is 4.39 Å². The van der Waals surface area contributed by atoms with Crippen molar-refractivity contribution in [3.63, 3.8) is 0 Å². The predicted octanol–water partition coefficient (Wildman–Crippen LogP) is 3.62. The molecule has 1 heterocycles. The third kappa shape index (κ3) is 2.49. The molecule has 1 aliphatic heterocycles. The van der Waals surface area contributed by atoms with Crippen LogP contribution >= 0.6 is 0 Å². The van der Waals surface area contributed by atoms with Gasteiger partial charge in [0.05, 0.1) is 0 Å². The maximum atomic E-state index is 13.5. The summed E-state index contributed by atoms with van der Waals surface area (Å²) in [5, 5.41) is 0. The molecule has 1 aliphatic carbocycles. The fourth-order valence-corrected chi connectivity index (χ4v) is 4.16. The average Bonchev–Trinajstić information content (AvgIpc) is 2.98. The Labute approximate surface area is 121 Å². The number of nitrogens with zero attached hydrogens (tertiary/aromatic N) is 1. The Morgan fingerprint density at radius 3 is 2.40 bits per heavy atom. The Morgan fingerprint density at radius 2 is 1.75 bits per heavy atom. The van der Waals surface area contributed by atoms with Gasteiger partial charge in [-0.15, -0.1) is 0 Å².